The lowest BCUT2D eigenvalue weighted by Gasteiger charge is -2.14. The third-order valence-electron chi connectivity index (χ3n) is 3.29. The molecule has 0 aliphatic heterocycles. The molecule has 1 aliphatic rings. The van der Waals surface area contributed by atoms with E-state index in [0.29, 0.717) is 5.92 Å². The largest absolute Gasteiger partial charge is 0.350 e. The minimum absolute atomic E-state index is 0.0296. The van der Waals surface area contributed by atoms with Crippen LogP contribution >= 0.6 is 26.6 Å². The first-order valence-corrected chi connectivity index (χ1v) is 9.53. The van der Waals surface area contributed by atoms with Gasteiger partial charge in [0.25, 0.3) is 15.0 Å². The summed E-state index contributed by atoms with van der Waals surface area (Å²) in [5.41, 5.74) is 0.0401. The lowest BCUT2D eigenvalue weighted by molar-refractivity contribution is 0.0936. The van der Waals surface area contributed by atoms with Crippen LogP contribution in [0.15, 0.2) is 21.5 Å². The van der Waals surface area contributed by atoms with Gasteiger partial charge in [-0.05, 0) is 47.3 Å². The number of hydrogen-bond donors (Lipinski definition) is 1. The molecule has 0 aromatic heterocycles. The molecule has 116 valence electrons. The maximum absolute atomic E-state index is 13.6. The molecular weight excluding hydrogens is 385 g/mol. The molecule has 1 N–H and O–H groups in total. The predicted octanol–water partition coefficient (Wildman–Crippen LogP) is 3.43. The average molecular weight is 399 g/mol. The monoisotopic (exact) mass is 397 g/mol. The second-order valence-electron chi connectivity index (χ2n) is 5.25. The summed E-state index contributed by atoms with van der Waals surface area (Å²) in [4.78, 5) is 11.5. The van der Waals surface area contributed by atoms with Crippen molar-refractivity contribution in [2.24, 2.45) is 5.92 Å². The van der Waals surface area contributed by atoms with Gasteiger partial charge in [-0.25, -0.2) is 12.8 Å². The molecular formula is C13H14BrClFNO3S. The minimum Gasteiger partial charge on any atom is -0.350 e. The van der Waals surface area contributed by atoms with Gasteiger partial charge in [0.2, 0.25) is 0 Å². The molecule has 0 spiro atoms. The topological polar surface area (TPSA) is 63.2 Å². The number of rotatable bonds is 5. The van der Waals surface area contributed by atoms with Crippen molar-refractivity contribution in [2.45, 2.75) is 37.1 Å². The smallest absolute Gasteiger partial charge is 0.264 e. The first kappa shape index (κ1) is 16.7. The van der Waals surface area contributed by atoms with Crippen LogP contribution in [0.5, 0.6) is 0 Å². The minimum atomic E-state index is -4.25. The molecule has 4 nitrogen and oxygen atoms in total. The molecule has 2 rings (SSSR count). The van der Waals surface area contributed by atoms with Crippen LogP contribution < -0.4 is 5.32 Å². The van der Waals surface area contributed by atoms with Gasteiger partial charge in [-0.15, -0.1) is 0 Å². The molecule has 1 fully saturated rings. The van der Waals surface area contributed by atoms with Crippen LogP contribution in [0, 0.1) is 11.7 Å². The van der Waals surface area contributed by atoms with Crippen molar-refractivity contribution < 1.29 is 17.6 Å². The highest BCUT2D eigenvalue weighted by Crippen LogP contribution is 2.33. The normalized spacial score (nSPS) is 16.6. The fourth-order valence-electron chi connectivity index (χ4n) is 2.10. The summed E-state index contributed by atoms with van der Waals surface area (Å²) in [5.74, 6) is -0.813. The van der Waals surface area contributed by atoms with Crippen molar-refractivity contribution in [3.8, 4) is 0 Å². The van der Waals surface area contributed by atoms with Crippen molar-refractivity contribution >= 4 is 41.6 Å². The van der Waals surface area contributed by atoms with Gasteiger partial charge in [0, 0.05) is 21.2 Å². The molecule has 1 aromatic carbocycles. The molecule has 8 heteroatoms. The highest BCUT2D eigenvalue weighted by molar-refractivity contribution is 9.10. The van der Waals surface area contributed by atoms with Gasteiger partial charge in [-0.3, -0.25) is 4.79 Å². The maximum Gasteiger partial charge on any atom is 0.264 e. The Morgan fingerprint density at radius 3 is 2.67 bits per heavy atom. The Kier molecular flexibility index (Phi) is 4.95. The lowest BCUT2D eigenvalue weighted by Crippen LogP contribution is -2.33. The van der Waals surface area contributed by atoms with Crippen molar-refractivity contribution in [3.63, 3.8) is 0 Å². The zero-order chi connectivity index (χ0) is 15.8. The van der Waals surface area contributed by atoms with Gasteiger partial charge < -0.3 is 5.32 Å². The Morgan fingerprint density at radius 2 is 2.14 bits per heavy atom. The van der Waals surface area contributed by atoms with E-state index in [9.17, 15) is 17.6 Å². The molecule has 1 amide bonds. The summed E-state index contributed by atoms with van der Waals surface area (Å²) in [6.07, 6.45) is 3.23. The number of benzene rings is 1. The van der Waals surface area contributed by atoms with Crippen molar-refractivity contribution in [1.82, 2.24) is 5.32 Å². The van der Waals surface area contributed by atoms with Crippen LogP contribution in [0.4, 0.5) is 4.39 Å². The third kappa shape index (κ3) is 4.40. The molecule has 21 heavy (non-hydrogen) atoms. The van der Waals surface area contributed by atoms with Gasteiger partial charge in [0.1, 0.15) is 10.7 Å². The van der Waals surface area contributed by atoms with E-state index in [0.717, 1.165) is 18.6 Å². The van der Waals surface area contributed by atoms with Crippen LogP contribution in [0.3, 0.4) is 0 Å². The second kappa shape index (κ2) is 6.22. The van der Waals surface area contributed by atoms with Gasteiger partial charge >= 0.3 is 0 Å². The SMILES string of the molecule is CC(CC1CC1)NC(=O)c1cc(S(=O)(=O)Cl)c(F)cc1Br. The predicted molar refractivity (Wildman–Crippen MR) is 81.4 cm³/mol. The molecule has 1 saturated carbocycles. The number of hydrogen-bond acceptors (Lipinski definition) is 3. The summed E-state index contributed by atoms with van der Waals surface area (Å²) in [6, 6.07) is 1.84. The van der Waals surface area contributed by atoms with Crippen LogP contribution in [0.25, 0.3) is 0 Å². The first-order chi connectivity index (χ1) is 9.68. The summed E-state index contributed by atoms with van der Waals surface area (Å²) < 4.78 is 36.4. The summed E-state index contributed by atoms with van der Waals surface area (Å²) in [5, 5.41) is 2.78. The molecule has 0 bridgehead atoms. The van der Waals surface area contributed by atoms with E-state index >= 15 is 0 Å². The lowest BCUT2D eigenvalue weighted by atomic mass is 10.1. The van der Waals surface area contributed by atoms with Crippen molar-refractivity contribution in [3.05, 3.63) is 28.0 Å². The zero-order valence-corrected chi connectivity index (χ0v) is 14.4. The molecule has 0 heterocycles. The fourth-order valence-corrected chi connectivity index (χ4v) is 3.50. The van der Waals surface area contributed by atoms with Gasteiger partial charge in [0.15, 0.2) is 0 Å². The third-order valence-corrected chi connectivity index (χ3v) is 5.28. The molecule has 1 atom stereocenters. The average Bonchev–Trinajstić information content (AvgIpc) is 3.10. The Morgan fingerprint density at radius 1 is 1.52 bits per heavy atom. The van der Waals surface area contributed by atoms with E-state index in [-0.39, 0.29) is 16.1 Å². The van der Waals surface area contributed by atoms with E-state index in [1.54, 1.807) is 0 Å². The van der Waals surface area contributed by atoms with E-state index in [1.807, 2.05) is 6.92 Å². The highest BCUT2D eigenvalue weighted by atomic mass is 79.9. The first-order valence-electron chi connectivity index (χ1n) is 6.43. The zero-order valence-electron chi connectivity index (χ0n) is 11.2. The van der Waals surface area contributed by atoms with E-state index in [2.05, 4.69) is 21.2 Å². The molecule has 1 unspecified atom stereocenters. The molecule has 0 radical (unpaired) electrons. The Labute approximate surface area is 135 Å². The number of carbonyl (C=O) groups is 1. The number of halogens is 3. The van der Waals surface area contributed by atoms with Gasteiger partial charge in [0.05, 0.1) is 5.56 Å². The van der Waals surface area contributed by atoms with Crippen LogP contribution in [0.2, 0.25) is 0 Å². The van der Waals surface area contributed by atoms with Crippen molar-refractivity contribution in [2.75, 3.05) is 0 Å². The van der Waals surface area contributed by atoms with Crippen LogP contribution in [-0.2, 0) is 9.05 Å². The quantitative estimate of drug-likeness (QED) is 0.773. The molecule has 1 aromatic rings. The standard InChI is InChI=1S/C13H14BrClFNO3S/c1-7(4-8-2-3-8)17-13(18)9-5-12(21(15,19)20)11(16)6-10(9)14/h5-8H,2-4H2,1H3,(H,17,18). The maximum atomic E-state index is 13.6. The fraction of sp³-hybridized carbons (Fsp3) is 0.462. The molecule has 1 aliphatic carbocycles. The summed E-state index contributed by atoms with van der Waals surface area (Å²) in [7, 11) is 0.914. The van der Waals surface area contributed by atoms with Gasteiger partial charge in [-0.2, -0.15) is 0 Å². The second-order valence-corrected chi connectivity index (χ2v) is 8.64. The van der Waals surface area contributed by atoms with Crippen LogP contribution in [-0.4, -0.2) is 20.4 Å². The van der Waals surface area contributed by atoms with Gasteiger partial charge in [-0.1, -0.05) is 12.8 Å². The Bertz CT molecular complexity index is 676. The van der Waals surface area contributed by atoms with E-state index in [4.69, 9.17) is 10.7 Å². The summed E-state index contributed by atoms with van der Waals surface area (Å²) >= 11 is 3.06. The Hall–Kier alpha value is -0.660. The van der Waals surface area contributed by atoms with E-state index < -0.39 is 25.7 Å². The van der Waals surface area contributed by atoms with Crippen LogP contribution in [0.1, 0.15) is 36.5 Å². The number of carbonyl (C=O) groups excluding carboxylic acids is 1. The highest BCUT2D eigenvalue weighted by Gasteiger charge is 2.26. The number of amides is 1. The summed E-state index contributed by atoms with van der Waals surface area (Å²) in [6.45, 7) is 1.88. The number of nitrogens with one attached hydrogen (secondary N) is 1. The van der Waals surface area contributed by atoms with E-state index in [1.165, 1.54) is 12.8 Å². The molecule has 0 saturated heterocycles. The Balaban J connectivity index is 2.23. The van der Waals surface area contributed by atoms with Crippen molar-refractivity contribution in [1.29, 1.82) is 0 Å².